The van der Waals surface area contributed by atoms with Crippen LogP contribution in [-0.2, 0) is 6.54 Å². The Morgan fingerprint density at radius 1 is 1.07 bits per heavy atom. The number of aromatic nitrogens is 1. The second-order valence-corrected chi connectivity index (χ2v) is 6.75. The van der Waals surface area contributed by atoms with Crippen LogP contribution in [0.2, 0.25) is 0 Å². The molecule has 1 unspecified atom stereocenters. The maximum atomic E-state index is 13.1. The Bertz CT molecular complexity index is 914. The van der Waals surface area contributed by atoms with Gasteiger partial charge < -0.3 is 15.2 Å². The number of benzene rings is 2. The number of ether oxygens (including phenoxy) is 1. The van der Waals surface area contributed by atoms with Crippen LogP contribution in [0.15, 0.2) is 67.0 Å². The summed E-state index contributed by atoms with van der Waals surface area (Å²) in [5.41, 5.74) is 3.77. The number of nitrogens with zero attached hydrogens (tertiary/aromatic N) is 1. The second-order valence-electron chi connectivity index (χ2n) is 6.75. The number of aliphatic hydroxyl groups excluding tert-OH is 1. The molecule has 2 atom stereocenters. The van der Waals surface area contributed by atoms with Crippen LogP contribution < -0.4 is 10.1 Å². The first-order valence-corrected chi connectivity index (χ1v) is 9.03. The van der Waals surface area contributed by atoms with Crippen LogP contribution in [0.4, 0.5) is 4.39 Å². The molecule has 5 heteroatoms. The van der Waals surface area contributed by atoms with Gasteiger partial charge in [0, 0.05) is 43.0 Å². The zero-order chi connectivity index (χ0) is 18.6. The summed E-state index contributed by atoms with van der Waals surface area (Å²) >= 11 is 0. The van der Waals surface area contributed by atoms with Gasteiger partial charge in [0.2, 0.25) is 0 Å². The molecule has 0 amide bonds. The first kappa shape index (κ1) is 17.6. The fourth-order valence-electron chi connectivity index (χ4n) is 3.35. The lowest BCUT2D eigenvalue weighted by molar-refractivity contribution is 0.0657. The van der Waals surface area contributed by atoms with E-state index in [2.05, 4.69) is 10.3 Å². The Morgan fingerprint density at radius 2 is 1.89 bits per heavy atom. The van der Waals surface area contributed by atoms with Crippen LogP contribution in [-0.4, -0.2) is 22.7 Å². The van der Waals surface area contributed by atoms with Crippen molar-refractivity contribution in [3.05, 3.63) is 83.9 Å². The van der Waals surface area contributed by atoms with Gasteiger partial charge in [-0.3, -0.25) is 4.98 Å². The van der Waals surface area contributed by atoms with E-state index in [-0.39, 0.29) is 11.9 Å². The molecule has 27 heavy (non-hydrogen) atoms. The number of para-hydroxylation sites is 1. The average molecular weight is 364 g/mol. The van der Waals surface area contributed by atoms with E-state index in [0.29, 0.717) is 19.5 Å². The quantitative estimate of drug-likeness (QED) is 0.722. The van der Waals surface area contributed by atoms with Crippen molar-refractivity contribution in [1.29, 1.82) is 0 Å². The number of halogens is 1. The van der Waals surface area contributed by atoms with Crippen molar-refractivity contribution < 1.29 is 14.2 Å². The molecule has 2 N–H and O–H groups in total. The molecule has 0 saturated heterocycles. The monoisotopic (exact) mass is 364 g/mol. The lowest BCUT2D eigenvalue weighted by Gasteiger charge is -2.29. The van der Waals surface area contributed by atoms with Gasteiger partial charge in [0.05, 0.1) is 6.10 Å². The van der Waals surface area contributed by atoms with Gasteiger partial charge in [-0.15, -0.1) is 0 Å². The fourth-order valence-corrected chi connectivity index (χ4v) is 3.35. The Hall–Kier alpha value is -2.76. The SMILES string of the molecule is OC1C[C@@H](CNCc2cncc(-c3ccc(F)cc3)c2)Oc2ccccc21. The van der Waals surface area contributed by atoms with Crippen LogP contribution in [0, 0.1) is 5.82 Å². The molecule has 0 bridgehead atoms. The molecule has 0 spiro atoms. The molecule has 1 aromatic heterocycles. The largest absolute Gasteiger partial charge is 0.489 e. The Kier molecular flexibility index (Phi) is 5.14. The smallest absolute Gasteiger partial charge is 0.125 e. The lowest BCUT2D eigenvalue weighted by Crippen LogP contribution is -2.35. The molecule has 4 rings (SSSR count). The number of pyridine rings is 1. The van der Waals surface area contributed by atoms with Crippen LogP contribution in [0.1, 0.15) is 23.7 Å². The molecule has 0 radical (unpaired) electrons. The van der Waals surface area contributed by atoms with Crippen molar-refractivity contribution >= 4 is 0 Å². The van der Waals surface area contributed by atoms with Gasteiger partial charge >= 0.3 is 0 Å². The van der Waals surface area contributed by atoms with E-state index in [1.54, 1.807) is 18.3 Å². The van der Waals surface area contributed by atoms with Gasteiger partial charge in [-0.1, -0.05) is 30.3 Å². The minimum absolute atomic E-state index is 0.0804. The van der Waals surface area contributed by atoms with E-state index in [4.69, 9.17) is 4.74 Å². The van der Waals surface area contributed by atoms with Gasteiger partial charge in [-0.05, 0) is 35.4 Å². The van der Waals surface area contributed by atoms with Crippen molar-refractivity contribution in [3.63, 3.8) is 0 Å². The molecule has 0 saturated carbocycles. The van der Waals surface area contributed by atoms with Crippen molar-refractivity contribution in [2.24, 2.45) is 0 Å². The number of hydrogen-bond donors (Lipinski definition) is 2. The minimum Gasteiger partial charge on any atom is -0.489 e. The molecular formula is C22H21FN2O2. The highest BCUT2D eigenvalue weighted by Crippen LogP contribution is 2.34. The third kappa shape index (κ3) is 4.15. The van der Waals surface area contributed by atoms with Crippen molar-refractivity contribution in [2.75, 3.05) is 6.54 Å². The van der Waals surface area contributed by atoms with E-state index in [9.17, 15) is 9.50 Å². The Morgan fingerprint density at radius 3 is 2.74 bits per heavy atom. The maximum absolute atomic E-state index is 13.1. The zero-order valence-electron chi connectivity index (χ0n) is 14.8. The molecule has 3 aromatic rings. The molecule has 4 nitrogen and oxygen atoms in total. The molecular weight excluding hydrogens is 343 g/mol. The number of fused-ring (bicyclic) bond motifs is 1. The van der Waals surface area contributed by atoms with E-state index in [1.807, 2.05) is 36.5 Å². The summed E-state index contributed by atoms with van der Waals surface area (Å²) in [7, 11) is 0. The summed E-state index contributed by atoms with van der Waals surface area (Å²) in [5, 5.41) is 13.7. The summed E-state index contributed by atoms with van der Waals surface area (Å²) < 4.78 is 19.1. The standard InChI is InChI=1S/C22H21FN2O2/c23-18-7-5-16(6-8-18)17-9-15(11-24-13-17)12-25-14-19-10-21(26)20-3-1-2-4-22(20)27-19/h1-9,11,13,19,21,25-26H,10,12,14H2/t19-,21?/m0/s1. The summed E-state index contributed by atoms with van der Waals surface area (Å²) in [6.07, 6.45) is 3.58. The van der Waals surface area contributed by atoms with E-state index < -0.39 is 6.10 Å². The third-order valence-electron chi connectivity index (χ3n) is 4.73. The number of nitrogens with one attached hydrogen (secondary N) is 1. The number of hydrogen-bond acceptors (Lipinski definition) is 4. The summed E-state index contributed by atoms with van der Waals surface area (Å²) in [6.45, 7) is 1.27. The maximum Gasteiger partial charge on any atom is 0.125 e. The fraction of sp³-hybridized carbons (Fsp3) is 0.227. The molecule has 1 aliphatic heterocycles. The Labute approximate surface area is 157 Å². The van der Waals surface area contributed by atoms with E-state index >= 15 is 0 Å². The van der Waals surface area contributed by atoms with Crippen molar-refractivity contribution in [2.45, 2.75) is 25.2 Å². The predicted molar refractivity (Wildman–Crippen MR) is 102 cm³/mol. The van der Waals surface area contributed by atoms with Gasteiger partial charge in [-0.2, -0.15) is 0 Å². The molecule has 2 heterocycles. The molecule has 1 aliphatic rings. The topological polar surface area (TPSA) is 54.4 Å². The highest BCUT2D eigenvalue weighted by atomic mass is 19.1. The number of aliphatic hydroxyl groups is 1. The van der Waals surface area contributed by atoms with Crippen LogP contribution in [0.3, 0.4) is 0 Å². The van der Waals surface area contributed by atoms with Crippen LogP contribution in [0.25, 0.3) is 11.1 Å². The first-order chi connectivity index (χ1) is 13.2. The van der Waals surface area contributed by atoms with Gasteiger partial charge in [-0.25, -0.2) is 4.39 Å². The van der Waals surface area contributed by atoms with Crippen LogP contribution in [0.5, 0.6) is 5.75 Å². The summed E-state index contributed by atoms with van der Waals surface area (Å²) in [5.74, 6) is 0.504. The molecule has 0 aliphatic carbocycles. The van der Waals surface area contributed by atoms with Gasteiger partial charge in [0.15, 0.2) is 0 Å². The molecule has 138 valence electrons. The zero-order valence-corrected chi connectivity index (χ0v) is 14.8. The highest BCUT2D eigenvalue weighted by Gasteiger charge is 2.26. The Balaban J connectivity index is 1.36. The van der Waals surface area contributed by atoms with E-state index in [0.717, 1.165) is 28.0 Å². The average Bonchev–Trinajstić information content (AvgIpc) is 2.69. The predicted octanol–water partition coefficient (Wildman–Crippen LogP) is 3.86. The highest BCUT2D eigenvalue weighted by molar-refractivity contribution is 5.62. The lowest BCUT2D eigenvalue weighted by atomic mass is 9.99. The van der Waals surface area contributed by atoms with Gasteiger partial charge in [0.1, 0.15) is 17.7 Å². The normalized spacial score (nSPS) is 18.6. The summed E-state index contributed by atoms with van der Waals surface area (Å²) in [6, 6.07) is 16.0. The van der Waals surface area contributed by atoms with Crippen molar-refractivity contribution in [3.8, 4) is 16.9 Å². The van der Waals surface area contributed by atoms with E-state index in [1.165, 1.54) is 12.1 Å². The van der Waals surface area contributed by atoms with Crippen molar-refractivity contribution in [1.82, 2.24) is 10.3 Å². The third-order valence-corrected chi connectivity index (χ3v) is 4.73. The summed E-state index contributed by atoms with van der Waals surface area (Å²) in [4.78, 5) is 4.29. The number of rotatable bonds is 5. The van der Waals surface area contributed by atoms with Gasteiger partial charge in [0.25, 0.3) is 0 Å². The first-order valence-electron chi connectivity index (χ1n) is 9.03. The molecule has 0 fully saturated rings. The van der Waals surface area contributed by atoms with Crippen LogP contribution >= 0.6 is 0 Å². The second kappa shape index (κ2) is 7.86. The molecule has 2 aromatic carbocycles. The minimum atomic E-state index is -0.495.